The molecule has 2 aromatic carbocycles. The number of methoxy groups -OCH3 is 1. The molecule has 2 aromatic rings. The molecule has 7 heteroatoms. The maximum Gasteiger partial charge on any atom is 0.343 e. The molecule has 0 unspecified atom stereocenters. The Hall–Kier alpha value is -2.86. The first-order valence-corrected chi connectivity index (χ1v) is 9.93. The van der Waals surface area contributed by atoms with Crippen molar-refractivity contribution in [1.82, 2.24) is 5.43 Å². The third-order valence-electron chi connectivity index (χ3n) is 4.83. The van der Waals surface area contributed by atoms with Crippen LogP contribution in [0.3, 0.4) is 0 Å². The number of hydrogen-bond donors (Lipinski definition) is 1. The molecule has 0 aliphatic heterocycles. The topological polar surface area (TPSA) is 77.0 Å². The lowest BCUT2D eigenvalue weighted by atomic mass is 9.89. The summed E-state index contributed by atoms with van der Waals surface area (Å²) in [6.45, 7) is 0. The number of hydrazone groups is 1. The van der Waals surface area contributed by atoms with Gasteiger partial charge in [-0.15, -0.1) is 0 Å². The first-order valence-electron chi connectivity index (χ1n) is 9.55. The van der Waals surface area contributed by atoms with Gasteiger partial charge in [-0.2, -0.15) is 5.10 Å². The van der Waals surface area contributed by atoms with Gasteiger partial charge in [-0.3, -0.25) is 4.79 Å². The number of hydrogen-bond acceptors (Lipinski definition) is 5. The van der Waals surface area contributed by atoms with Crippen molar-refractivity contribution < 1.29 is 19.1 Å². The minimum Gasteiger partial charge on any atom is -0.493 e. The van der Waals surface area contributed by atoms with Gasteiger partial charge in [0, 0.05) is 10.9 Å². The Morgan fingerprint density at radius 3 is 2.48 bits per heavy atom. The standard InChI is InChI=1S/C22H23ClN2O4/c1-28-20-13-15(14-24-25-21(26)16-5-3-2-4-6-16)7-12-19(20)29-22(27)17-8-10-18(23)11-9-17/h7-14,16H,2-6H2,1H3,(H,25,26)/b24-14+. The van der Waals surface area contributed by atoms with E-state index in [1.54, 1.807) is 42.5 Å². The van der Waals surface area contributed by atoms with E-state index >= 15 is 0 Å². The maximum atomic E-state index is 12.3. The highest BCUT2D eigenvalue weighted by Gasteiger charge is 2.20. The molecule has 0 atom stereocenters. The van der Waals surface area contributed by atoms with Crippen molar-refractivity contribution in [2.45, 2.75) is 32.1 Å². The van der Waals surface area contributed by atoms with Crippen molar-refractivity contribution in [3.63, 3.8) is 0 Å². The Kier molecular flexibility index (Phi) is 7.25. The average molecular weight is 415 g/mol. The van der Waals surface area contributed by atoms with Crippen LogP contribution >= 0.6 is 11.6 Å². The minimum atomic E-state index is -0.513. The smallest absolute Gasteiger partial charge is 0.343 e. The second-order valence-corrected chi connectivity index (χ2v) is 7.31. The van der Waals surface area contributed by atoms with Gasteiger partial charge >= 0.3 is 5.97 Å². The zero-order valence-electron chi connectivity index (χ0n) is 16.2. The summed E-state index contributed by atoms with van der Waals surface area (Å²) in [5, 5.41) is 4.58. The Bertz CT molecular complexity index is 890. The lowest BCUT2D eigenvalue weighted by molar-refractivity contribution is -0.125. The van der Waals surface area contributed by atoms with Crippen LogP contribution in [0.5, 0.6) is 11.5 Å². The Labute approximate surface area is 174 Å². The molecule has 0 spiro atoms. The van der Waals surface area contributed by atoms with E-state index in [2.05, 4.69) is 10.5 Å². The molecule has 0 heterocycles. The van der Waals surface area contributed by atoms with Crippen LogP contribution in [0.15, 0.2) is 47.6 Å². The van der Waals surface area contributed by atoms with Gasteiger partial charge in [-0.1, -0.05) is 30.9 Å². The van der Waals surface area contributed by atoms with Crippen LogP contribution in [0.4, 0.5) is 0 Å². The summed E-state index contributed by atoms with van der Waals surface area (Å²) in [5.41, 5.74) is 3.69. The molecular formula is C22H23ClN2O4. The number of ether oxygens (including phenoxy) is 2. The van der Waals surface area contributed by atoms with Crippen molar-refractivity contribution >= 4 is 29.7 Å². The summed E-state index contributed by atoms with van der Waals surface area (Å²) < 4.78 is 10.7. The predicted molar refractivity (Wildman–Crippen MR) is 112 cm³/mol. The van der Waals surface area contributed by atoms with Gasteiger partial charge in [-0.05, 0) is 60.9 Å². The van der Waals surface area contributed by atoms with E-state index in [-0.39, 0.29) is 17.6 Å². The van der Waals surface area contributed by atoms with Crippen LogP contribution in [-0.2, 0) is 4.79 Å². The van der Waals surface area contributed by atoms with Gasteiger partial charge < -0.3 is 9.47 Å². The molecule has 3 rings (SSSR count). The number of carbonyl (C=O) groups excluding carboxylic acids is 2. The van der Waals surface area contributed by atoms with E-state index in [1.165, 1.54) is 19.7 Å². The van der Waals surface area contributed by atoms with E-state index in [0.29, 0.717) is 21.9 Å². The van der Waals surface area contributed by atoms with Crippen LogP contribution in [0.2, 0.25) is 5.02 Å². The van der Waals surface area contributed by atoms with Crippen molar-refractivity contribution in [1.29, 1.82) is 0 Å². The summed E-state index contributed by atoms with van der Waals surface area (Å²) in [6.07, 6.45) is 6.76. The number of nitrogens with zero attached hydrogens (tertiary/aromatic N) is 1. The van der Waals surface area contributed by atoms with E-state index in [0.717, 1.165) is 25.7 Å². The third kappa shape index (κ3) is 5.81. The normalized spacial score (nSPS) is 14.6. The number of nitrogens with one attached hydrogen (secondary N) is 1. The SMILES string of the molecule is COc1cc(/C=N/NC(=O)C2CCCCC2)ccc1OC(=O)c1ccc(Cl)cc1. The number of carbonyl (C=O) groups is 2. The third-order valence-corrected chi connectivity index (χ3v) is 5.09. The fourth-order valence-corrected chi connectivity index (χ4v) is 3.35. The first-order chi connectivity index (χ1) is 14.1. The minimum absolute atomic E-state index is 0.0403. The van der Waals surface area contributed by atoms with Crippen LogP contribution < -0.4 is 14.9 Å². The highest BCUT2D eigenvalue weighted by atomic mass is 35.5. The van der Waals surface area contributed by atoms with Crippen molar-refractivity contribution in [3.05, 3.63) is 58.6 Å². The largest absolute Gasteiger partial charge is 0.493 e. The highest BCUT2D eigenvalue weighted by molar-refractivity contribution is 6.30. The molecule has 152 valence electrons. The Morgan fingerprint density at radius 1 is 1.07 bits per heavy atom. The maximum absolute atomic E-state index is 12.3. The van der Waals surface area contributed by atoms with Gasteiger partial charge in [0.25, 0.3) is 0 Å². The molecule has 1 amide bonds. The summed E-state index contributed by atoms with van der Waals surface area (Å²) in [4.78, 5) is 24.4. The molecular weight excluding hydrogens is 392 g/mol. The molecule has 0 radical (unpaired) electrons. The van der Waals surface area contributed by atoms with E-state index in [4.69, 9.17) is 21.1 Å². The van der Waals surface area contributed by atoms with Gasteiger partial charge in [0.2, 0.25) is 5.91 Å². The van der Waals surface area contributed by atoms with Crippen molar-refractivity contribution in [2.75, 3.05) is 7.11 Å². The molecule has 0 saturated heterocycles. The molecule has 1 N–H and O–H groups in total. The molecule has 29 heavy (non-hydrogen) atoms. The second kappa shape index (κ2) is 10.1. The fourth-order valence-electron chi connectivity index (χ4n) is 3.22. The molecule has 6 nitrogen and oxygen atoms in total. The number of benzene rings is 2. The summed E-state index contributed by atoms with van der Waals surface area (Å²) in [7, 11) is 1.49. The molecule has 1 aliphatic rings. The van der Waals surface area contributed by atoms with Crippen molar-refractivity contribution in [2.24, 2.45) is 11.0 Å². The monoisotopic (exact) mass is 414 g/mol. The van der Waals surface area contributed by atoms with Gasteiger partial charge in [-0.25, -0.2) is 10.2 Å². The summed E-state index contributed by atoms with van der Waals surface area (Å²) in [5.74, 6) is 0.165. The summed E-state index contributed by atoms with van der Waals surface area (Å²) in [6, 6.07) is 11.5. The second-order valence-electron chi connectivity index (χ2n) is 6.88. The summed E-state index contributed by atoms with van der Waals surface area (Å²) >= 11 is 5.84. The number of esters is 1. The van der Waals surface area contributed by atoms with E-state index in [1.807, 2.05) is 0 Å². The number of halogens is 1. The Balaban J connectivity index is 1.62. The van der Waals surface area contributed by atoms with Crippen LogP contribution in [-0.4, -0.2) is 25.2 Å². The van der Waals surface area contributed by atoms with Crippen molar-refractivity contribution in [3.8, 4) is 11.5 Å². The first kappa shape index (κ1) is 20.9. The zero-order valence-corrected chi connectivity index (χ0v) is 16.9. The molecule has 1 saturated carbocycles. The molecule has 0 bridgehead atoms. The molecule has 1 fully saturated rings. The van der Waals surface area contributed by atoms with Gasteiger partial charge in [0.05, 0.1) is 18.9 Å². The average Bonchev–Trinajstić information content (AvgIpc) is 2.75. The quantitative estimate of drug-likeness (QED) is 0.324. The fraction of sp³-hybridized carbons (Fsp3) is 0.318. The number of amides is 1. The van der Waals surface area contributed by atoms with Crippen LogP contribution in [0, 0.1) is 5.92 Å². The van der Waals surface area contributed by atoms with Gasteiger partial charge in [0.1, 0.15) is 0 Å². The predicted octanol–water partition coefficient (Wildman–Crippen LogP) is 4.60. The van der Waals surface area contributed by atoms with Crippen LogP contribution in [0.1, 0.15) is 48.0 Å². The zero-order chi connectivity index (χ0) is 20.6. The van der Waals surface area contributed by atoms with Crippen LogP contribution in [0.25, 0.3) is 0 Å². The van der Waals surface area contributed by atoms with Gasteiger partial charge in [0.15, 0.2) is 11.5 Å². The van der Waals surface area contributed by atoms with E-state index < -0.39 is 5.97 Å². The highest BCUT2D eigenvalue weighted by Crippen LogP contribution is 2.28. The molecule has 0 aromatic heterocycles. The Morgan fingerprint density at radius 2 is 1.79 bits per heavy atom. The lowest BCUT2D eigenvalue weighted by Gasteiger charge is -2.19. The lowest BCUT2D eigenvalue weighted by Crippen LogP contribution is -2.28. The molecule has 1 aliphatic carbocycles. The van der Waals surface area contributed by atoms with E-state index in [9.17, 15) is 9.59 Å². The number of rotatable bonds is 6.